The topological polar surface area (TPSA) is 80.0 Å². The Labute approximate surface area is 100 Å². The molecule has 0 aromatic carbocycles. The Morgan fingerprint density at radius 3 is 2.53 bits per heavy atom. The number of ether oxygens (including phenoxy) is 1. The molecule has 5 nitrogen and oxygen atoms in total. The predicted octanol–water partition coefficient (Wildman–Crippen LogP) is 1.83. The van der Waals surface area contributed by atoms with Crippen LogP contribution in [0.4, 0.5) is 8.78 Å². The third-order valence-electron chi connectivity index (χ3n) is 1.76. The molecule has 9 heteroatoms. The summed E-state index contributed by atoms with van der Waals surface area (Å²) in [5, 5.41) is 7.77. The van der Waals surface area contributed by atoms with Crippen LogP contribution in [0.3, 0.4) is 0 Å². The molecule has 1 aromatic rings. The molecule has 1 heterocycles. The summed E-state index contributed by atoms with van der Waals surface area (Å²) in [6.45, 7) is 0. The van der Waals surface area contributed by atoms with E-state index in [4.69, 9.17) is 15.9 Å². The zero-order valence-corrected chi connectivity index (χ0v) is 9.89. The van der Waals surface area contributed by atoms with E-state index in [1.54, 1.807) is 0 Å². The highest BCUT2D eigenvalue weighted by molar-refractivity contribution is 8.13. The number of alkyl halides is 2. The summed E-state index contributed by atoms with van der Waals surface area (Å²) >= 11 is 0. The van der Waals surface area contributed by atoms with E-state index < -0.39 is 31.8 Å². The molecule has 0 aliphatic rings. The predicted molar refractivity (Wildman–Crippen MR) is 53.5 cm³/mol. The normalized spacial score (nSPS) is 11.3. The number of nitriles is 1. The van der Waals surface area contributed by atoms with E-state index in [9.17, 15) is 17.2 Å². The van der Waals surface area contributed by atoms with Crippen LogP contribution < -0.4 is 4.74 Å². The number of hydrogen-bond donors (Lipinski definition) is 0. The number of rotatable bonds is 3. The van der Waals surface area contributed by atoms with Crippen molar-refractivity contribution in [2.75, 3.05) is 7.11 Å². The summed E-state index contributed by atoms with van der Waals surface area (Å²) in [5.41, 5.74) is -1.34. The Bertz CT molecular complexity index is 583. The third-order valence-corrected chi connectivity index (χ3v) is 2.97. The molecular formula is C8H5ClF2N2O3S. The SMILES string of the molecule is COc1cc(C#N)c(S(=O)(=O)Cl)nc1C(F)F. The van der Waals surface area contributed by atoms with Crippen molar-refractivity contribution >= 4 is 19.7 Å². The van der Waals surface area contributed by atoms with Gasteiger partial charge in [0.2, 0.25) is 0 Å². The Morgan fingerprint density at radius 1 is 1.59 bits per heavy atom. The van der Waals surface area contributed by atoms with E-state index in [1.807, 2.05) is 0 Å². The number of methoxy groups -OCH3 is 1. The van der Waals surface area contributed by atoms with E-state index in [0.717, 1.165) is 13.2 Å². The van der Waals surface area contributed by atoms with Crippen molar-refractivity contribution in [2.24, 2.45) is 0 Å². The van der Waals surface area contributed by atoms with Gasteiger partial charge in [0.1, 0.15) is 17.5 Å². The second kappa shape index (κ2) is 4.81. The lowest BCUT2D eigenvalue weighted by atomic mass is 10.2. The molecule has 0 aliphatic carbocycles. The van der Waals surface area contributed by atoms with Gasteiger partial charge < -0.3 is 4.74 Å². The van der Waals surface area contributed by atoms with Crippen molar-refractivity contribution < 1.29 is 21.9 Å². The Balaban J connectivity index is 3.64. The van der Waals surface area contributed by atoms with Crippen LogP contribution in [0.15, 0.2) is 11.1 Å². The van der Waals surface area contributed by atoms with Crippen LogP contribution in [0.5, 0.6) is 5.75 Å². The molecule has 0 bridgehead atoms. The summed E-state index contributed by atoms with van der Waals surface area (Å²) in [6.07, 6.45) is -3.05. The maximum absolute atomic E-state index is 12.6. The smallest absolute Gasteiger partial charge is 0.284 e. The van der Waals surface area contributed by atoms with Gasteiger partial charge in [-0.25, -0.2) is 22.2 Å². The highest BCUT2D eigenvalue weighted by atomic mass is 35.7. The van der Waals surface area contributed by atoms with E-state index >= 15 is 0 Å². The standard InChI is InChI=1S/C8H5ClF2N2O3S/c1-16-5-2-4(3-12)8(17(9,14)15)13-6(5)7(10)11/h2,7H,1H3. The second-order valence-corrected chi connectivity index (χ2v) is 5.26. The monoisotopic (exact) mass is 282 g/mol. The third kappa shape index (κ3) is 2.81. The zero-order valence-electron chi connectivity index (χ0n) is 8.32. The van der Waals surface area contributed by atoms with E-state index in [2.05, 4.69) is 9.72 Å². The van der Waals surface area contributed by atoms with Gasteiger partial charge in [-0.3, -0.25) is 0 Å². The molecule has 0 saturated carbocycles. The maximum atomic E-state index is 12.6. The minimum Gasteiger partial charge on any atom is -0.495 e. The molecule has 92 valence electrons. The Morgan fingerprint density at radius 2 is 2.18 bits per heavy atom. The summed E-state index contributed by atoms with van der Waals surface area (Å²) in [4.78, 5) is 3.17. The van der Waals surface area contributed by atoms with Gasteiger partial charge in [0, 0.05) is 16.7 Å². The fourth-order valence-corrected chi connectivity index (χ4v) is 2.00. The van der Waals surface area contributed by atoms with Crippen LogP contribution in [-0.4, -0.2) is 20.5 Å². The number of pyridine rings is 1. The number of halogens is 3. The minimum absolute atomic E-state index is 0.374. The van der Waals surface area contributed by atoms with Crippen LogP contribution in [0.1, 0.15) is 17.7 Å². The highest BCUT2D eigenvalue weighted by Gasteiger charge is 2.25. The molecule has 0 spiro atoms. The van der Waals surface area contributed by atoms with Gasteiger partial charge >= 0.3 is 0 Å². The van der Waals surface area contributed by atoms with Crippen LogP contribution in [-0.2, 0) is 9.05 Å². The van der Waals surface area contributed by atoms with Gasteiger partial charge in [-0.15, -0.1) is 0 Å². The van der Waals surface area contributed by atoms with Crippen molar-refractivity contribution in [3.63, 3.8) is 0 Å². The first-order valence-electron chi connectivity index (χ1n) is 4.03. The molecule has 17 heavy (non-hydrogen) atoms. The molecule has 0 fully saturated rings. The molecule has 0 saturated heterocycles. The van der Waals surface area contributed by atoms with Crippen molar-refractivity contribution in [2.45, 2.75) is 11.5 Å². The summed E-state index contributed by atoms with van der Waals surface area (Å²) < 4.78 is 51.8. The molecule has 0 aliphatic heterocycles. The molecular weight excluding hydrogens is 278 g/mol. The van der Waals surface area contributed by atoms with E-state index in [1.165, 1.54) is 6.07 Å². The Kier molecular flexibility index (Phi) is 3.85. The molecule has 1 aromatic heterocycles. The lowest BCUT2D eigenvalue weighted by Crippen LogP contribution is -2.05. The van der Waals surface area contributed by atoms with Crippen LogP contribution in [0.2, 0.25) is 0 Å². The van der Waals surface area contributed by atoms with Gasteiger partial charge in [0.05, 0.1) is 12.7 Å². The largest absolute Gasteiger partial charge is 0.495 e. The molecule has 0 amide bonds. The average molecular weight is 283 g/mol. The average Bonchev–Trinajstić information content (AvgIpc) is 2.25. The van der Waals surface area contributed by atoms with Crippen LogP contribution in [0, 0.1) is 11.3 Å². The molecule has 0 N–H and O–H groups in total. The molecule has 0 radical (unpaired) electrons. The fourth-order valence-electron chi connectivity index (χ4n) is 1.08. The van der Waals surface area contributed by atoms with Gasteiger partial charge in [0.25, 0.3) is 15.5 Å². The Hall–Kier alpha value is -1.46. The van der Waals surface area contributed by atoms with Crippen molar-refractivity contribution in [1.82, 2.24) is 4.98 Å². The zero-order chi connectivity index (χ0) is 13.2. The summed E-state index contributed by atoms with van der Waals surface area (Å²) in [7, 11) is 1.71. The highest BCUT2D eigenvalue weighted by Crippen LogP contribution is 2.31. The first kappa shape index (κ1) is 13.6. The summed E-state index contributed by atoms with van der Waals surface area (Å²) in [6, 6.07) is 2.34. The first-order chi connectivity index (χ1) is 7.81. The number of hydrogen-bond acceptors (Lipinski definition) is 5. The molecule has 1 rings (SSSR count). The molecule has 0 atom stereocenters. The number of aromatic nitrogens is 1. The fraction of sp³-hybridized carbons (Fsp3) is 0.250. The van der Waals surface area contributed by atoms with E-state index in [-0.39, 0.29) is 5.75 Å². The first-order valence-corrected chi connectivity index (χ1v) is 6.34. The van der Waals surface area contributed by atoms with Crippen molar-refractivity contribution in [3.05, 3.63) is 17.3 Å². The lowest BCUT2D eigenvalue weighted by molar-refractivity contribution is 0.140. The van der Waals surface area contributed by atoms with E-state index in [0.29, 0.717) is 0 Å². The van der Waals surface area contributed by atoms with Gasteiger partial charge in [-0.1, -0.05) is 0 Å². The summed E-state index contributed by atoms with van der Waals surface area (Å²) in [5.74, 6) is -0.374. The van der Waals surface area contributed by atoms with Crippen molar-refractivity contribution in [3.8, 4) is 11.8 Å². The van der Waals surface area contributed by atoms with Crippen LogP contribution >= 0.6 is 10.7 Å². The molecule has 0 unspecified atom stereocenters. The van der Waals surface area contributed by atoms with Crippen molar-refractivity contribution in [1.29, 1.82) is 5.26 Å². The van der Waals surface area contributed by atoms with Crippen LogP contribution in [0.25, 0.3) is 0 Å². The lowest BCUT2D eigenvalue weighted by Gasteiger charge is -2.09. The van der Waals surface area contributed by atoms with Gasteiger partial charge in [-0.2, -0.15) is 5.26 Å². The van der Waals surface area contributed by atoms with Gasteiger partial charge in [0.15, 0.2) is 5.03 Å². The quantitative estimate of drug-likeness (QED) is 0.790. The minimum atomic E-state index is -4.38. The number of nitrogens with zero attached hydrogens (tertiary/aromatic N) is 2. The maximum Gasteiger partial charge on any atom is 0.284 e. The van der Waals surface area contributed by atoms with Gasteiger partial charge in [-0.05, 0) is 0 Å². The second-order valence-electron chi connectivity index (χ2n) is 2.78.